The topological polar surface area (TPSA) is 21.3 Å². The molecular formula is C18H29NO. The zero-order chi connectivity index (χ0) is 14.5. The third-order valence-corrected chi connectivity index (χ3v) is 4.57. The summed E-state index contributed by atoms with van der Waals surface area (Å²) in [5, 5.41) is 3.71. The lowest BCUT2D eigenvalue weighted by Gasteiger charge is -2.32. The molecule has 0 aromatic heterocycles. The summed E-state index contributed by atoms with van der Waals surface area (Å²) in [6.45, 7) is 11.8. The highest BCUT2D eigenvalue weighted by molar-refractivity contribution is 5.38. The third-order valence-electron chi connectivity index (χ3n) is 4.57. The highest BCUT2D eigenvalue weighted by atomic mass is 16.5. The average Bonchev–Trinajstić information content (AvgIpc) is 2.42. The smallest absolute Gasteiger partial charge is 0.0469 e. The molecule has 1 aromatic carbocycles. The number of hydrogen-bond donors (Lipinski definition) is 1. The normalized spacial score (nSPS) is 18.2. The van der Waals surface area contributed by atoms with Gasteiger partial charge in [0.2, 0.25) is 0 Å². The van der Waals surface area contributed by atoms with Crippen molar-refractivity contribution in [1.29, 1.82) is 0 Å². The molecule has 2 nitrogen and oxygen atoms in total. The fourth-order valence-corrected chi connectivity index (χ4v) is 3.54. The molecule has 1 aromatic rings. The Labute approximate surface area is 123 Å². The van der Waals surface area contributed by atoms with Crippen LogP contribution in [0, 0.1) is 26.7 Å². The van der Waals surface area contributed by atoms with Crippen LogP contribution < -0.4 is 5.32 Å². The van der Waals surface area contributed by atoms with Gasteiger partial charge < -0.3 is 10.1 Å². The molecule has 0 saturated carbocycles. The first-order valence-corrected chi connectivity index (χ1v) is 7.99. The average molecular weight is 275 g/mol. The maximum absolute atomic E-state index is 5.51. The number of nitrogens with one attached hydrogen (secondary N) is 1. The van der Waals surface area contributed by atoms with Crippen LogP contribution in [0.4, 0.5) is 0 Å². The van der Waals surface area contributed by atoms with Crippen LogP contribution in [-0.4, -0.2) is 25.8 Å². The second kappa shape index (κ2) is 7.24. The lowest BCUT2D eigenvalue weighted by atomic mass is 9.85. The maximum Gasteiger partial charge on any atom is 0.0469 e. The zero-order valence-electron chi connectivity index (χ0n) is 13.5. The van der Waals surface area contributed by atoms with Gasteiger partial charge in [0.25, 0.3) is 0 Å². The first-order valence-electron chi connectivity index (χ1n) is 7.99. The van der Waals surface area contributed by atoms with E-state index in [0.717, 1.165) is 32.1 Å². The molecule has 1 atom stereocenters. The van der Waals surface area contributed by atoms with Gasteiger partial charge in [0.15, 0.2) is 0 Å². The second-order valence-electron chi connectivity index (χ2n) is 6.20. The Kier molecular flexibility index (Phi) is 5.62. The van der Waals surface area contributed by atoms with E-state index in [4.69, 9.17) is 4.74 Å². The summed E-state index contributed by atoms with van der Waals surface area (Å²) in [5.74, 6) is 0.754. The van der Waals surface area contributed by atoms with Crippen LogP contribution in [0.1, 0.15) is 42.0 Å². The molecule has 1 aliphatic heterocycles. The molecule has 0 aliphatic carbocycles. The molecule has 1 unspecified atom stereocenters. The number of likely N-dealkylation sites (N-methyl/N-ethyl adjacent to an activating group) is 1. The molecule has 0 bridgehead atoms. The van der Waals surface area contributed by atoms with E-state index >= 15 is 0 Å². The number of ether oxygens (including phenoxy) is 1. The Morgan fingerprint density at radius 1 is 1.15 bits per heavy atom. The standard InChI is InChI=1S/C18H29NO/c1-5-19-18(16-6-8-20-9-7-16)12-17-14(3)10-13(2)11-15(17)4/h10-11,16,18-19H,5-9,12H2,1-4H3. The van der Waals surface area contributed by atoms with E-state index in [1.807, 2.05) is 0 Å². The lowest BCUT2D eigenvalue weighted by Crippen LogP contribution is -2.40. The van der Waals surface area contributed by atoms with E-state index in [1.165, 1.54) is 35.1 Å². The number of rotatable bonds is 5. The Morgan fingerprint density at radius 3 is 2.30 bits per heavy atom. The Bertz CT molecular complexity index is 412. The van der Waals surface area contributed by atoms with E-state index in [-0.39, 0.29) is 0 Å². The lowest BCUT2D eigenvalue weighted by molar-refractivity contribution is 0.0539. The van der Waals surface area contributed by atoms with Gasteiger partial charge in [-0.2, -0.15) is 0 Å². The van der Waals surface area contributed by atoms with Gasteiger partial charge in [-0.3, -0.25) is 0 Å². The van der Waals surface area contributed by atoms with Gasteiger partial charge in [-0.25, -0.2) is 0 Å². The summed E-state index contributed by atoms with van der Waals surface area (Å²) in [5.41, 5.74) is 5.79. The van der Waals surface area contributed by atoms with Crippen LogP contribution in [-0.2, 0) is 11.2 Å². The highest BCUT2D eigenvalue weighted by Gasteiger charge is 2.24. The molecule has 20 heavy (non-hydrogen) atoms. The summed E-state index contributed by atoms with van der Waals surface area (Å²) >= 11 is 0. The Balaban J connectivity index is 2.15. The molecule has 0 spiro atoms. The molecule has 1 N–H and O–H groups in total. The molecule has 2 rings (SSSR count). The van der Waals surface area contributed by atoms with Crippen molar-refractivity contribution in [2.75, 3.05) is 19.8 Å². The van der Waals surface area contributed by atoms with Crippen LogP contribution in [0.15, 0.2) is 12.1 Å². The molecule has 0 amide bonds. The van der Waals surface area contributed by atoms with Crippen molar-refractivity contribution < 1.29 is 4.74 Å². The van der Waals surface area contributed by atoms with Gasteiger partial charge in [-0.05, 0) is 69.2 Å². The van der Waals surface area contributed by atoms with Crippen molar-refractivity contribution in [1.82, 2.24) is 5.32 Å². The van der Waals surface area contributed by atoms with E-state index in [2.05, 4.69) is 45.1 Å². The van der Waals surface area contributed by atoms with Crippen molar-refractivity contribution in [3.8, 4) is 0 Å². The van der Waals surface area contributed by atoms with Crippen LogP contribution in [0.25, 0.3) is 0 Å². The van der Waals surface area contributed by atoms with Gasteiger partial charge in [-0.15, -0.1) is 0 Å². The molecule has 1 aliphatic rings. The highest BCUT2D eigenvalue weighted by Crippen LogP contribution is 2.25. The molecular weight excluding hydrogens is 246 g/mol. The largest absolute Gasteiger partial charge is 0.381 e. The minimum Gasteiger partial charge on any atom is -0.381 e. The second-order valence-corrected chi connectivity index (χ2v) is 6.20. The van der Waals surface area contributed by atoms with Crippen molar-refractivity contribution >= 4 is 0 Å². The van der Waals surface area contributed by atoms with Crippen molar-refractivity contribution in [3.63, 3.8) is 0 Å². The number of benzene rings is 1. The van der Waals surface area contributed by atoms with E-state index in [0.29, 0.717) is 6.04 Å². The fourth-order valence-electron chi connectivity index (χ4n) is 3.54. The molecule has 1 fully saturated rings. The van der Waals surface area contributed by atoms with Gasteiger partial charge in [0, 0.05) is 19.3 Å². The molecule has 0 radical (unpaired) electrons. The van der Waals surface area contributed by atoms with Gasteiger partial charge >= 0.3 is 0 Å². The fraction of sp³-hybridized carbons (Fsp3) is 0.667. The van der Waals surface area contributed by atoms with Crippen molar-refractivity contribution in [3.05, 3.63) is 34.4 Å². The van der Waals surface area contributed by atoms with Crippen LogP contribution in [0.5, 0.6) is 0 Å². The summed E-state index contributed by atoms with van der Waals surface area (Å²) < 4.78 is 5.51. The summed E-state index contributed by atoms with van der Waals surface area (Å²) in [4.78, 5) is 0. The van der Waals surface area contributed by atoms with E-state index < -0.39 is 0 Å². The van der Waals surface area contributed by atoms with Gasteiger partial charge in [-0.1, -0.05) is 24.6 Å². The summed E-state index contributed by atoms with van der Waals surface area (Å²) in [6.07, 6.45) is 3.54. The molecule has 2 heteroatoms. The number of hydrogen-bond acceptors (Lipinski definition) is 2. The SMILES string of the molecule is CCNC(Cc1c(C)cc(C)cc1C)C1CCOCC1. The predicted molar refractivity (Wildman–Crippen MR) is 85.4 cm³/mol. The molecule has 112 valence electrons. The Hall–Kier alpha value is -0.860. The van der Waals surface area contributed by atoms with Crippen molar-refractivity contribution in [2.45, 2.75) is 53.0 Å². The minimum absolute atomic E-state index is 0.587. The minimum atomic E-state index is 0.587. The monoisotopic (exact) mass is 275 g/mol. The summed E-state index contributed by atoms with van der Waals surface area (Å²) in [6, 6.07) is 5.22. The quantitative estimate of drug-likeness (QED) is 0.887. The third kappa shape index (κ3) is 3.83. The van der Waals surface area contributed by atoms with Gasteiger partial charge in [0.1, 0.15) is 0 Å². The summed E-state index contributed by atoms with van der Waals surface area (Å²) in [7, 11) is 0. The number of aryl methyl sites for hydroxylation is 3. The zero-order valence-corrected chi connectivity index (χ0v) is 13.5. The van der Waals surface area contributed by atoms with Crippen molar-refractivity contribution in [2.24, 2.45) is 5.92 Å². The van der Waals surface area contributed by atoms with Crippen LogP contribution in [0.2, 0.25) is 0 Å². The van der Waals surface area contributed by atoms with Crippen LogP contribution >= 0.6 is 0 Å². The maximum atomic E-state index is 5.51. The van der Waals surface area contributed by atoms with E-state index in [1.54, 1.807) is 0 Å². The predicted octanol–water partition coefficient (Wildman–Crippen LogP) is 3.56. The Morgan fingerprint density at radius 2 is 1.75 bits per heavy atom. The van der Waals surface area contributed by atoms with E-state index in [9.17, 15) is 0 Å². The molecule has 1 saturated heterocycles. The molecule has 1 heterocycles. The van der Waals surface area contributed by atoms with Crippen LogP contribution in [0.3, 0.4) is 0 Å². The first-order chi connectivity index (χ1) is 9.61. The van der Waals surface area contributed by atoms with Gasteiger partial charge in [0.05, 0.1) is 0 Å². The first kappa shape index (κ1) is 15.5.